The second-order valence-corrected chi connectivity index (χ2v) is 5.47. The van der Waals surface area contributed by atoms with Crippen LogP contribution in [0.3, 0.4) is 0 Å². The van der Waals surface area contributed by atoms with Crippen LogP contribution >= 0.6 is 0 Å². The molecule has 0 aromatic heterocycles. The van der Waals surface area contributed by atoms with Gasteiger partial charge in [-0.15, -0.1) is 0 Å². The molecule has 2 amide bonds. The summed E-state index contributed by atoms with van der Waals surface area (Å²) in [5, 5.41) is 0. The molecule has 5 nitrogen and oxygen atoms in total. The van der Waals surface area contributed by atoms with E-state index < -0.39 is 11.3 Å². The maximum atomic E-state index is 12.6. The fourth-order valence-corrected chi connectivity index (χ4v) is 2.45. The highest BCUT2D eigenvalue weighted by molar-refractivity contribution is 6.07. The van der Waals surface area contributed by atoms with Crippen molar-refractivity contribution >= 4 is 11.8 Å². The van der Waals surface area contributed by atoms with Crippen LogP contribution in [0.5, 0.6) is 5.75 Å². The third kappa shape index (κ3) is 3.13. The molecule has 0 saturated heterocycles. The number of nitrogens with zero attached hydrogens (tertiary/aromatic N) is 1. The van der Waals surface area contributed by atoms with Gasteiger partial charge < -0.3 is 15.4 Å². The molecule has 0 radical (unpaired) electrons. The van der Waals surface area contributed by atoms with Gasteiger partial charge in [0.15, 0.2) is 0 Å². The van der Waals surface area contributed by atoms with Gasteiger partial charge in [-0.05, 0) is 25.8 Å². The third-order valence-corrected chi connectivity index (χ3v) is 3.99. The SMILES string of the molecule is C=CCOc1ccccc1CN(CC)C(=O)C1(C(N)=O)CC1. The van der Waals surface area contributed by atoms with Crippen molar-refractivity contribution in [3.05, 3.63) is 42.5 Å². The van der Waals surface area contributed by atoms with Gasteiger partial charge in [-0.25, -0.2) is 0 Å². The number of ether oxygens (including phenoxy) is 1. The van der Waals surface area contributed by atoms with E-state index in [-0.39, 0.29) is 5.91 Å². The summed E-state index contributed by atoms with van der Waals surface area (Å²) in [5.41, 5.74) is 5.32. The fraction of sp³-hybridized carbons (Fsp3) is 0.412. The molecule has 0 bridgehead atoms. The molecule has 5 heteroatoms. The number of carbonyl (C=O) groups is 2. The Labute approximate surface area is 130 Å². The van der Waals surface area contributed by atoms with E-state index in [2.05, 4.69) is 6.58 Å². The minimum atomic E-state index is -0.979. The first-order valence-electron chi connectivity index (χ1n) is 7.46. The Morgan fingerprint density at radius 1 is 1.41 bits per heavy atom. The van der Waals surface area contributed by atoms with E-state index in [1.54, 1.807) is 11.0 Å². The van der Waals surface area contributed by atoms with Crippen molar-refractivity contribution in [2.45, 2.75) is 26.3 Å². The van der Waals surface area contributed by atoms with E-state index in [0.717, 1.165) is 11.3 Å². The van der Waals surface area contributed by atoms with Crippen LogP contribution < -0.4 is 10.5 Å². The van der Waals surface area contributed by atoms with Crippen LogP contribution in [0, 0.1) is 5.41 Å². The van der Waals surface area contributed by atoms with Crippen LogP contribution in [0.2, 0.25) is 0 Å². The second-order valence-electron chi connectivity index (χ2n) is 5.47. The molecule has 118 valence electrons. The van der Waals surface area contributed by atoms with Gasteiger partial charge in [0, 0.05) is 18.7 Å². The smallest absolute Gasteiger partial charge is 0.238 e. The molecule has 0 aliphatic heterocycles. The molecule has 0 unspecified atom stereocenters. The summed E-state index contributed by atoms with van der Waals surface area (Å²) in [6, 6.07) is 7.55. The Kier molecular flexibility index (Phi) is 4.85. The van der Waals surface area contributed by atoms with Crippen molar-refractivity contribution in [3.63, 3.8) is 0 Å². The molecule has 1 aliphatic rings. The first kappa shape index (κ1) is 16.1. The lowest BCUT2D eigenvalue weighted by molar-refractivity contribution is -0.143. The van der Waals surface area contributed by atoms with Gasteiger partial charge in [-0.2, -0.15) is 0 Å². The Balaban J connectivity index is 2.15. The Morgan fingerprint density at radius 3 is 2.64 bits per heavy atom. The maximum Gasteiger partial charge on any atom is 0.238 e. The predicted octanol–water partition coefficient (Wildman–Crippen LogP) is 1.87. The van der Waals surface area contributed by atoms with Gasteiger partial charge in [0.1, 0.15) is 17.8 Å². The van der Waals surface area contributed by atoms with Crippen LogP contribution in [0.1, 0.15) is 25.3 Å². The van der Waals surface area contributed by atoms with Gasteiger partial charge in [0.05, 0.1) is 0 Å². The average molecular weight is 302 g/mol. The predicted molar refractivity (Wildman–Crippen MR) is 84.1 cm³/mol. The summed E-state index contributed by atoms with van der Waals surface area (Å²) in [6.45, 7) is 6.84. The van der Waals surface area contributed by atoms with E-state index in [0.29, 0.717) is 32.5 Å². The van der Waals surface area contributed by atoms with Crippen molar-refractivity contribution in [2.24, 2.45) is 11.1 Å². The average Bonchev–Trinajstić information content (AvgIpc) is 3.32. The topological polar surface area (TPSA) is 72.6 Å². The number of rotatable bonds is 8. The van der Waals surface area contributed by atoms with Crippen molar-refractivity contribution in [2.75, 3.05) is 13.2 Å². The first-order valence-corrected chi connectivity index (χ1v) is 7.46. The lowest BCUT2D eigenvalue weighted by Crippen LogP contribution is -2.43. The van der Waals surface area contributed by atoms with E-state index in [9.17, 15) is 9.59 Å². The quantitative estimate of drug-likeness (QED) is 0.588. The molecule has 1 aliphatic carbocycles. The first-order chi connectivity index (χ1) is 10.5. The number of benzene rings is 1. The number of hydrogen-bond acceptors (Lipinski definition) is 3. The zero-order valence-corrected chi connectivity index (χ0v) is 12.9. The molecule has 0 spiro atoms. The molecule has 0 atom stereocenters. The number of primary amides is 1. The summed E-state index contributed by atoms with van der Waals surface area (Å²) in [4.78, 5) is 25.8. The van der Waals surface area contributed by atoms with Crippen LogP contribution in [0.25, 0.3) is 0 Å². The van der Waals surface area contributed by atoms with Crippen molar-refractivity contribution in [1.82, 2.24) is 4.90 Å². The van der Waals surface area contributed by atoms with Gasteiger partial charge in [0.2, 0.25) is 11.8 Å². The van der Waals surface area contributed by atoms with Gasteiger partial charge in [0.25, 0.3) is 0 Å². The summed E-state index contributed by atoms with van der Waals surface area (Å²) in [7, 11) is 0. The Hall–Kier alpha value is -2.30. The molecule has 1 fully saturated rings. The third-order valence-electron chi connectivity index (χ3n) is 3.99. The molecule has 1 saturated carbocycles. The van der Waals surface area contributed by atoms with E-state index >= 15 is 0 Å². The van der Waals surface area contributed by atoms with Crippen LogP contribution in [-0.2, 0) is 16.1 Å². The normalized spacial score (nSPS) is 15.0. The van der Waals surface area contributed by atoms with Crippen molar-refractivity contribution < 1.29 is 14.3 Å². The number of para-hydroxylation sites is 1. The molecule has 0 heterocycles. The summed E-state index contributed by atoms with van der Waals surface area (Å²) in [5.74, 6) is 0.0192. The number of nitrogens with two attached hydrogens (primary N) is 1. The highest BCUT2D eigenvalue weighted by Crippen LogP contribution is 2.47. The Bertz CT molecular complexity index is 579. The summed E-state index contributed by atoms with van der Waals surface area (Å²) < 4.78 is 5.61. The Morgan fingerprint density at radius 2 is 2.09 bits per heavy atom. The van der Waals surface area contributed by atoms with Gasteiger partial charge >= 0.3 is 0 Å². The molecule has 2 N–H and O–H groups in total. The van der Waals surface area contributed by atoms with Gasteiger partial charge in [-0.1, -0.05) is 30.9 Å². The standard InChI is InChI=1S/C17H22N2O3/c1-3-11-22-14-8-6-5-7-13(14)12-19(4-2)16(21)17(9-10-17)15(18)20/h3,5-8H,1,4,9-12H2,2H3,(H2,18,20). The number of amides is 2. The van der Waals surface area contributed by atoms with E-state index in [1.165, 1.54) is 0 Å². The summed E-state index contributed by atoms with van der Waals surface area (Å²) in [6.07, 6.45) is 2.77. The zero-order chi connectivity index (χ0) is 16.2. The highest BCUT2D eigenvalue weighted by atomic mass is 16.5. The van der Waals surface area contributed by atoms with Gasteiger partial charge in [-0.3, -0.25) is 9.59 Å². The van der Waals surface area contributed by atoms with Crippen LogP contribution in [-0.4, -0.2) is 29.9 Å². The highest BCUT2D eigenvalue weighted by Gasteiger charge is 2.56. The van der Waals surface area contributed by atoms with E-state index in [4.69, 9.17) is 10.5 Å². The second kappa shape index (κ2) is 6.64. The minimum absolute atomic E-state index is 0.180. The molecule has 1 aromatic carbocycles. The van der Waals surface area contributed by atoms with Crippen molar-refractivity contribution in [1.29, 1.82) is 0 Å². The lowest BCUT2D eigenvalue weighted by atomic mass is 10.0. The largest absolute Gasteiger partial charge is 0.489 e. The summed E-state index contributed by atoms with van der Waals surface area (Å²) >= 11 is 0. The monoisotopic (exact) mass is 302 g/mol. The molecular formula is C17H22N2O3. The molecular weight excluding hydrogens is 280 g/mol. The number of carbonyl (C=O) groups excluding carboxylic acids is 2. The maximum absolute atomic E-state index is 12.6. The molecule has 2 rings (SSSR count). The number of hydrogen-bond donors (Lipinski definition) is 1. The zero-order valence-electron chi connectivity index (χ0n) is 12.9. The molecule has 22 heavy (non-hydrogen) atoms. The lowest BCUT2D eigenvalue weighted by Gasteiger charge is -2.25. The van der Waals surface area contributed by atoms with Crippen LogP contribution in [0.15, 0.2) is 36.9 Å². The fourth-order valence-electron chi connectivity index (χ4n) is 2.45. The minimum Gasteiger partial charge on any atom is -0.489 e. The van der Waals surface area contributed by atoms with Crippen molar-refractivity contribution in [3.8, 4) is 5.75 Å². The van der Waals surface area contributed by atoms with E-state index in [1.807, 2.05) is 31.2 Å². The molecule has 1 aromatic rings. The van der Waals surface area contributed by atoms with Crippen LogP contribution in [0.4, 0.5) is 0 Å².